The van der Waals surface area contributed by atoms with Crippen molar-refractivity contribution in [3.63, 3.8) is 0 Å². The Kier molecular flexibility index (Phi) is 3.05. The van der Waals surface area contributed by atoms with E-state index in [9.17, 15) is 0 Å². The summed E-state index contributed by atoms with van der Waals surface area (Å²) in [6.07, 6.45) is 6.65. The van der Waals surface area contributed by atoms with E-state index in [1.807, 2.05) is 16.9 Å². The van der Waals surface area contributed by atoms with Crippen molar-refractivity contribution in [1.82, 2.24) is 9.78 Å². The Morgan fingerprint density at radius 3 is 2.78 bits per heavy atom. The van der Waals surface area contributed by atoms with Crippen LogP contribution in [0, 0.1) is 5.92 Å². The smallest absolute Gasteiger partial charge is 0.0728 e. The molecule has 0 radical (unpaired) electrons. The van der Waals surface area contributed by atoms with Crippen molar-refractivity contribution < 1.29 is 0 Å². The van der Waals surface area contributed by atoms with Crippen molar-refractivity contribution in [3.05, 3.63) is 48.3 Å². The van der Waals surface area contributed by atoms with Crippen LogP contribution in [0.4, 0.5) is 5.69 Å². The second-order valence-corrected chi connectivity index (χ2v) is 5.22. The molecule has 94 valence electrons. The van der Waals surface area contributed by atoms with E-state index in [0.717, 1.165) is 18.2 Å². The molecule has 1 aliphatic rings. The number of aromatic nitrogens is 2. The molecule has 0 amide bonds. The standard InChI is InChI=1S/C15H19N3/c1-12-7-8-15(12)17-14-9-16-18(11-14)10-13-5-3-2-4-6-13/h2-6,9,11-12,15,17H,7-8,10H2,1H3. The van der Waals surface area contributed by atoms with E-state index in [1.54, 1.807) is 0 Å². The summed E-state index contributed by atoms with van der Waals surface area (Å²) in [4.78, 5) is 0. The lowest BCUT2D eigenvalue weighted by molar-refractivity contribution is 0.303. The molecular weight excluding hydrogens is 222 g/mol. The Labute approximate surface area is 108 Å². The third-order valence-electron chi connectivity index (χ3n) is 3.79. The molecule has 1 aromatic heterocycles. The number of benzene rings is 1. The predicted octanol–water partition coefficient (Wildman–Crippen LogP) is 3.14. The van der Waals surface area contributed by atoms with Crippen molar-refractivity contribution in [2.75, 3.05) is 5.32 Å². The van der Waals surface area contributed by atoms with Gasteiger partial charge in [-0.25, -0.2) is 0 Å². The third kappa shape index (κ3) is 2.40. The fourth-order valence-electron chi connectivity index (χ4n) is 2.39. The first-order valence-corrected chi connectivity index (χ1v) is 6.64. The highest BCUT2D eigenvalue weighted by atomic mass is 15.3. The highest BCUT2D eigenvalue weighted by Gasteiger charge is 2.26. The average Bonchev–Trinajstić information content (AvgIpc) is 2.83. The zero-order valence-corrected chi connectivity index (χ0v) is 10.7. The Balaban J connectivity index is 1.63. The molecule has 2 aromatic rings. The Hall–Kier alpha value is -1.77. The molecule has 1 saturated carbocycles. The number of hydrogen-bond donors (Lipinski definition) is 1. The van der Waals surface area contributed by atoms with Crippen molar-refractivity contribution in [3.8, 4) is 0 Å². The van der Waals surface area contributed by atoms with E-state index in [1.165, 1.54) is 18.4 Å². The topological polar surface area (TPSA) is 29.9 Å². The minimum atomic E-state index is 0.638. The Morgan fingerprint density at radius 1 is 1.28 bits per heavy atom. The van der Waals surface area contributed by atoms with Crippen LogP contribution in [0.2, 0.25) is 0 Å². The number of rotatable bonds is 4. The minimum Gasteiger partial charge on any atom is -0.380 e. The van der Waals surface area contributed by atoms with Gasteiger partial charge in [0.05, 0.1) is 18.4 Å². The van der Waals surface area contributed by atoms with Gasteiger partial charge in [-0.05, 0) is 24.3 Å². The largest absolute Gasteiger partial charge is 0.380 e. The highest BCUT2D eigenvalue weighted by molar-refractivity contribution is 5.40. The van der Waals surface area contributed by atoms with Gasteiger partial charge in [0.15, 0.2) is 0 Å². The van der Waals surface area contributed by atoms with Crippen LogP contribution in [0.15, 0.2) is 42.7 Å². The fourth-order valence-corrected chi connectivity index (χ4v) is 2.39. The lowest BCUT2D eigenvalue weighted by atomic mass is 9.81. The number of nitrogens with one attached hydrogen (secondary N) is 1. The second-order valence-electron chi connectivity index (χ2n) is 5.22. The minimum absolute atomic E-state index is 0.638. The van der Waals surface area contributed by atoms with Crippen molar-refractivity contribution in [2.45, 2.75) is 32.4 Å². The van der Waals surface area contributed by atoms with Crippen LogP contribution in [0.5, 0.6) is 0 Å². The van der Waals surface area contributed by atoms with Crippen molar-refractivity contribution in [1.29, 1.82) is 0 Å². The molecule has 1 fully saturated rings. The maximum atomic E-state index is 4.40. The van der Waals surface area contributed by atoms with Crippen LogP contribution in [0.3, 0.4) is 0 Å². The quantitative estimate of drug-likeness (QED) is 0.891. The molecule has 3 heteroatoms. The molecule has 2 unspecified atom stereocenters. The normalized spacial score (nSPS) is 22.5. The molecule has 0 bridgehead atoms. The van der Waals surface area contributed by atoms with Gasteiger partial charge >= 0.3 is 0 Å². The lowest BCUT2D eigenvalue weighted by Gasteiger charge is -2.34. The van der Waals surface area contributed by atoms with Crippen molar-refractivity contribution in [2.24, 2.45) is 5.92 Å². The Bertz CT molecular complexity index is 503. The summed E-state index contributed by atoms with van der Waals surface area (Å²) in [6, 6.07) is 11.1. The molecule has 18 heavy (non-hydrogen) atoms. The van der Waals surface area contributed by atoms with Crippen LogP contribution in [-0.4, -0.2) is 15.8 Å². The molecule has 1 heterocycles. The summed E-state index contributed by atoms with van der Waals surface area (Å²) in [5, 5.41) is 7.95. The van der Waals surface area contributed by atoms with E-state index in [4.69, 9.17) is 0 Å². The van der Waals surface area contributed by atoms with Gasteiger partial charge in [0.2, 0.25) is 0 Å². The first-order chi connectivity index (χ1) is 8.81. The van der Waals surface area contributed by atoms with E-state index in [2.05, 4.69) is 47.8 Å². The monoisotopic (exact) mass is 241 g/mol. The maximum Gasteiger partial charge on any atom is 0.0728 e. The van der Waals surface area contributed by atoms with Gasteiger partial charge in [0.1, 0.15) is 0 Å². The predicted molar refractivity (Wildman–Crippen MR) is 73.6 cm³/mol. The summed E-state index contributed by atoms with van der Waals surface area (Å²) >= 11 is 0. The number of anilines is 1. The van der Waals surface area contributed by atoms with Crippen LogP contribution in [0.25, 0.3) is 0 Å². The third-order valence-corrected chi connectivity index (χ3v) is 3.79. The first kappa shape index (κ1) is 11.3. The van der Waals surface area contributed by atoms with Crippen LogP contribution >= 0.6 is 0 Å². The Morgan fingerprint density at radius 2 is 2.11 bits per heavy atom. The van der Waals surface area contributed by atoms with Crippen molar-refractivity contribution >= 4 is 5.69 Å². The SMILES string of the molecule is CC1CCC1Nc1cnn(Cc2ccccc2)c1. The van der Waals surface area contributed by atoms with Gasteiger partial charge in [-0.15, -0.1) is 0 Å². The molecule has 0 aliphatic heterocycles. The van der Waals surface area contributed by atoms with E-state index < -0.39 is 0 Å². The highest BCUT2D eigenvalue weighted by Crippen LogP contribution is 2.29. The molecule has 3 rings (SSSR count). The summed E-state index contributed by atoms with van der Waals surface area (Å²) in [5.74, 6) is 0.794. The molecule has 3 nitrogen and oxygen atoms in total. The molecular formula is C15H19N3. The zero-order valence-electron chi connectivity index (χ0n) is 10.7. The molecule has 0 saturated heterocycles. The number of nitrogens with zero attached hydrogens (tertiary/aromatic N) is 2. The fraction of sp³-hybridized carbons (Fsp3) is 0.400. The summed E-state index contributed by atoms with van der Waals surface area (Å²) in [5.41, 5.74) is 2.42. The summed E-state index contributed by atoms with van der Waals surface area (Å²) in [6.45, 7) is 3.14. The van der Waals surface area contributed by atoms with Gasteiger partial charge in [-0.3, -0.25) is 4.68 Å². The van der Waals surface area contributed by atoms with Gasteiger partial charge in [-0.1, -0.05) is 37.3 Å². The summed E-state index contributed by atoms with van der Waals surface area (Å²) in [7, 11) is 0. The molecule has 1 aromatic carbocycles. The first-order valence-electron chi connectivity index (χ1n) is 6.64. The molecule has 1 N–H and O–H groups in total. The van der Waals surface area contributed by atoms with E-state index >= 15 is 0 Å². The maximum absolute atomic E-state index is 4.40. The average molecular weight is 241 g/mol. The van der Waals surface area contributed by atoms with Gasteiger partial charge < -0.3 is 5.32 Å². The number of hydrogen-bond acceptors (Lipinski definition) is 2. The van der Waals surface area contributed by atoms with Gasteiger partial charge in [0.25, 0.3) is 0 Å². The molecule has 0 spiro atoms. The molecule has 1 aliphatic carbocycles. The second kappa shape index (κ2) is 4.84. The van der Waals surface area contributed by atoms with E-state index in [-0.39, 0.29) is 0 Å². The van der Waals surface area contributed by atoms with E-state index in [0.29, 0.717) is 6.04 Å². The summed E-state index contributed by atoms with van der Waals surface area (Å²) < 4.78 is 1.99. The zero-order chi connectivity index (χ0) is 12.4. The lowest BCUT2D eigenvalue weighted by Crippen LogP contribution is -2.36. The molecule has 2 atom stereocenters. The van der Waals surface area contributed by atoms with Gasteiger partial charge in [0, 0.05) is 12.2 Å². The van der Waals surface area contributed by atoms with Crippen LogP contribution < -0.4 is 5.32 Å². The van der Waals surface area contributed by atoms with Crippen LogP contribution in [-0.2, 0) is 6.54 Å². The van der Waals surface area contributed by atoms with Gasteiger partial charge in [-0.2, -0.15) is 5.10 Å². The van der Waals surface area contributed by atoms with Crippen LogP contribution in [0.1, 0.15) is 25.3 Å².